The molecule has 0 spiro atoms. The van der Waals surface area contributed by atoms with Crippen molar-refractivity contribution in [1.82, 2.24) is 4.98 Å². The summed E-state index contributed by atoms with van der Waals surface area (Å²) in [5, 5.41) is 4.85. The van der Waals surface area contributed by atoms with Crippen molar-refractivity contribution in [1.29, 1.82) is 0 Å². The number of benzene rings is 2. The fourth-order valence-corrected chi connectivity index (χ4v) is 3.97. The minimum absolute atomic E-state index is 0.0715. The molecule has 0 fully saturated rings. The number of ether oxygens (including phenoxy) is 1. The van der Waals surface area contributed by atoms with Crippen molar-refractivity contribution >= 4 is 38.3 Å². The van der Waals surface area contributed by atoms with Gasteiger partial charge < -0.3 is 10.1 Å². The molecule has 6 heteroatoms. The Morgan fingerprint density at radius 1 is 1.07 bits per heavy atom. The van der Waals surface area contributed by atoms with E-state index < -0.39 is 0 Å². The van der Waals surface area contributed by atoms with E-state index in [0.717, 1.165) is 26.2 Å². The van der Waals surface area contributed by atoms with E-state index in [1.54, 1.807) is 36.7 Å². The molecule has 1 atom stereocenters. The number of esters is 1. The van der Waals surface area contributed by atoms with Crippen LogP contribution in [0.15, 0.2) is 79.1 Å². The standard InChI is InChI=1S/C24H20N2O3S/c1-16(23(27)26-22-13-20-11-12-25-14-21(20)30-22)18-9-7-17(8-10-18)15-29-24(28)19-5-3-2-4-6-19/h2-14,16H,15H2,1H3,(H,26,27)/t16-/m1/s1. The molecule has 0 radical (unpaired) electrons. The third-order valence-corrected chi connectivity index (χ3v) is 5.82. The van der Waals surface area contributed by atoms with Gasteiger partial charge in [-0.1, -0.05) is 42.5 Å². The number of nitrogens with one attached hydrogen (secondary N) is 1. The molecular formula is C24H20N2O3S. The van der Waals surface area contributed by atoms with Gasteiger partial charge in [0, 0.05) is 12.4 Å². The van der Waals surface area contributed by atoms with Crippen LogP contribution < -0.4 is 5.32 Å². The Morgan fingerprint density at radius 3 is 2.57 bits per heavy atom. The third kappa shape index (κ3) is 4.55. The van der Waals surface area contributed by atoms with E-state index >= 15 is 0 Å². The highest BCUT2D eigenvalue weighted by Gasteiger charge is 2.16. The van der Waals surface area contributed by atoms with E-state index in [1.807, 2.05) is 49.4 Å². The lowest BCUT2D eigenvalue weighted by molar-refractivity contribution is -0.117. The zero-order chi connectivity index (χ0) is 20.9. The summed E-state index contributed by atoms with van der Waals surface area (Å²) in [7, 11) is 0. The number of hydrogen-bond donors (Lipinski definition) is 1. The molecule has 0 bridgehead atoms. The predicted molar refractivity (Wildman–Crippen MR) is 119 cm³/mol. The van der Waals surface area contributed by atoms with Crippen molar-refractivity contribution in [2.45, 2.75) is 19.4 Å². The van der Waals surface area contributed by atoms with Crippen LogP contribution in [0.2, 0.25) is 0 Å². The van der Waals surface area contributed by atoms with Crippen LogP contribution in [-0.4, -0.2) is 16.9 Å². The van der Waals surface area contributed by atoms with Gasteiger partial charge in [0.05, 0.1) is 21.2 Å². The Hall–Kier alpha value is -3.51. The second-order valence-corrected chi connectivity index (χ2v) is 8.00. The fraction of sp³-hybridized carbons (Fsp3) is 0.125. The smallest absolute Gasteiger partial charge is 0.338 e. The minimum Gasteiger partial charge on any atom is -0.457 e. The van der Waals surface area contributed by atoms with Gasteiger partial charge in [0.25, 0.3) is 0 Å². The van der Waals surface area contributed by atoms with Crippen LogP contribution in [0.3, 0.4) is 0 Å². The summed E-state index contributed by atoms with van der Waals surface area (Å²) in [6.45, 7) is 2.05. The first kappa shape index (κ1) is 19.8. The number of carbonyl (C=O) groups excluding carboxylic acids is 2. The lowest BCUT2D eigenvalue weighted by Crippen LogP contribution is -2.18. The number of carbonyl (C=O) groups is 2. The monoisotopic (exact) mass is 416 g/mol. The first-order valence-electron chi connectivity index (χ1n) is 9.55. The van der Waals surface area contributed by atoms with Crippen molar-refractivity contribution < 1.29 is 14.3 Å². The second kappa shape index (κ2) is 8.88. The zero-order valence-corrected chi connectivity index (χ0v) is 17.2. The van der Waals surface area contributed by atoms with Gasteiger partial charge in [-0.15, -0.1) is 11.3 Å². The molecule has 4 rings (SSSR count). The van der Waals surface area contributed by atoms with Crippen molar-refractivity contribution in [3.05, 3.63) is 95.8 Å². The Bertz CT molecular complexity index is 1140. The number of aromatic nitrogens is 1. The van der Waals surface area contributed by atoms with Gasteiger partial charge in [0.1, 0.15) is 6.61 Å². The quantitative estimate of drug-likeness (QED) is 0.428. The van der Waals surface area contributed by atoms with Crippen LogP contribution in [0.5, 0.6) is 0 Å². The van der Waals surface area contributed by atoms with Gasteiger partial charge in [0.15, 0.2) is 0 Å². The summed E-state index contributed by atoms with van der Waals surface area (Å²) >= 11 is 1.51. The van der Waals surface area contributed by atoms with Gasteiger partial charge in [-0.05, 0) is 47.7 Å². The SMILES string of the molecule is C[C@@H](C(=O)Nc1cc2ccncc2s1)c1ccc(COC(=O)c2ccccc2)cc1. The molecular weight excluding hydrogens is 396 g/mol. The normalized spacial score (nSPS) is 11.8. The minimum atomic E-state index is -0.356. The molecule has 1 N–H and O–H groups in total. The number of anilines is 1. The molecule has 0 unspecified atom stereocenters. The number of nitrogens with zero attached hydrogens (tertiary/aromatic N) is 1. The molecule has 0 saturated carbocycles. The zero-order valence-electron chi connectivity index (χ0n) is 16.4. The topological polar surface area (TPSA) is 68.3 Å². The number of fused-ring (bicyclic) bond motifs is 1. The summed E-state index contributed by atoms with van der Waals surface area (Å²) in [5.41, 5.74) is 2.29. The van der Waals surface area contributed by atoms with Gasteiger partial charge >= 0.3 is 5.97 Å². The second-order valence-electron chi connectivity index (χ2n) is 6.92. The first-order valence-corrected chi connectivity index (χ1v) is 10.4. The lowest BCUT2D eigenvalue weighted by atomic mass is 9.99. The highest BCUT2D eigenvalue weighted by Crippen LogP contribution is 2.30. The molecule has 5 nitrogen and oxygen atoms in total. The average molecular weight is 417 g/mol. The molecule has 150 valence electrons. The molecule has 30 heavy (non-hydrogen) atoms. The van der Waals surface area contributed by atoms with Gasteiger partial charge in [-0.2, -0.15) is 0 Å². The Morgan fingerprint density at radius 2 is 1.83 bits per heavy atom. The van der Waals surface area contributed by atoms with Gasteiger partial charge in [-0.3, -0.25) is 9.78 Å². The van der Waals surface area contributed by atoms with Gasteiger partial charge in [-0.25, -0.2) is 4.79 Å². The maximum Gasteiger partial charge on any atom is 0.338 e. The van der Waals surface area contributed by atoms with E-state index in [2.05, 4.69) is 10.3 Å². The van der Waals surface area contributed by atoms with E-state index in [0.29, 0.717) is 5.56 Å². The summed E-state index contributed by atoms with van der Waals surface area (Å²) in [6.07, 6.45) is 3.53. The third-order valence-electron chi connectivity index (χ3n) is 4.82. The number of thiophene rings is 1. The number of amides is 1. The number of hydrogen-bond acceptors (Lipinski definition) is 5. The van der Waals surface area contributed by atoms with Crippen LogP contribution >= 0.6 is 11.3 Å². The van der Waals surface area contributed by atoms with E-state index in [4.69, 9.17) is 4.74 Å². The molecule has 2 aromatic carbocycles. The van der Waals surface area contributed by atoms with Crippen molar-refractivity contribution in [2.75, 3.05) is 5.32 Å². The molecule has 0 aliphatic carbocycles. The molecule has 4 aromatic rings. The van der Waals surface area contributed by atoms with Crippen LogP contribution in [0.1, 0.15) is 34.3 Å². The highest BCUT2D eigenvalue weighted by molar-refractivity contribution is 7.22. The fourth-order valence-electron chi connectivity index (χ4n) is 3.04. The van der Waals surface area contributed by atoms with Crippen molar-refractivity contribution in [3.8, 4) is 0 Å². The van der Waals surface area contributed by atoms with E-state index in [-0.39, 0.29) is 24.4 Å². The van der Waals surface area contributed by atoms with Gasteiger partial charge in [0.2, 0.25) is 5.91 Å². The van der Waals surface area contributed by atoms with Crippen LogP contribution in [0, 0.1) is 0 Å². The molecule has 2 aromatic heterocycles. The molecule has 1 amide bonds. The summed E-state index contributed by atoms with van der Waals surface area (Å²) in [5.74, 6) is -0.738. The Kier molecular flexibility index (Phi) is 5.86. The molecule has 0 aliphatic heterocycles. The lowest BCUT2D eigenvalue weighted by Gasteiger charge is -2.12. The van der Waals surface area contributed by atoms with Crippen LogP contribution in [0.4, 0.5) is 5.00 Å². The molecule has 0 saturated heterocycles. The van der Waals surface area contributed by atoms with Crippen molar-refractivity contribution in [3.63, 3.8) is 0 Å². The van der Waals surface area contributed by atoms with E-state index in [1.165, 1.54) is 11.3 Å². The summed E-state index contributed by atoms with van der Waals surface area (Å²) in [6, 6.07) is 20.3. The molecule has 0 aliphatic rings. The van der Waals surface area contributed by atoms with Crippen molar-refractivity contribution in [2.24, 2.45) is 0 Å². The predicted octanol–water partition coefficient (Wildman–Crippen LogP) is 5.40. The maximum atomic E-state index is 12.7. The first-order chi connectivity index (χ1) is 14.6. The summed E-state index contributed by atoms with van der Waals surface area (Å²) < 4.78 is 6.38. The summed E-state index contributed by atoms with van der Waals surface area (Å²) in [4.78, 5) is 28.8. The van der Waals surface area contributed by atoms with Crippen LogP contribution in [0.25, 0.3) is 10.1 Å². The Balaban J connectivity index is 1.35. The largest absolute Gasteiger partial charge is 0.457 e. The Labute approximate surface area is 178 Å². The number of pyridine rings is 1. The average Bonchev–Trinajstić information content (AvgIpc) is 3.20. The highest BCUT2D eigenvalue weighted by atomic mass is 32.1. The number of rotatable bonds is 6. The van der Waals surface area contributed by atoms with E-state index in [9.17, 15) is 9.59 Å². The van der Waals surface area contributed by atoms with Crippen LogP contribution in [-0.2, 0) is 16.1 Å². The molecule has 2 heterocycles. The maximum absolute atomic E-state index is 12.7.